The molecule has 96 valence electrons. The monoisotopic (exact) mass is 255 g/mol. The molecule has 0 aliphatic rings. The zero-order valence-corrected chi connectivity index (χ0v) is 10.5. The number of para-hydroxylation sites is 1. The van der Waals surface area contributed by atoms with E-state index in [2.05, 4.69) is 5.10 Å². The SMILES string of the molecule is CCOC(=O)c1cc(CC#N)nn1-c1ccccc1. The minimum atomic E-state index is -0.442. The Balaban J connectivity index is 2.46. The Bertz CT molecular complexity index is 611. The lowest BCUT2D eigenvalue weighted by molar-refractivity contribution is 0.0515. The first-order valence-electron chi connectivity index (χ1n) is 5.94. The van der Waals surface area contributed by atoms with Crippen molar-refractivity contribution in [3.63, 3.8) is 0 Å². The summed E-state index contributed by atoms with van der Waals surface area (Å²) in [5.41, 5.74) is 1.64. The van der Waals surface area contributed by atoms with E-state index in [0.29, 0.717) is 18.0 Å². The van der Waals surface area contributed by atoms with Crippen molar-refractivity contribution in [1.29, 1.82) is 5.26 Å². The van der Waals surface area contributed by atoms with E-state index in [4.69, 9.17) is 10.00 Å². The number of carbonyl (C=O) groups excluding carboxylic acids is 1. The van der Waals surface area contributed by atoms with E-state index in [9.17, 15) is 4.79 Å². The number of nitriles is 1. The quantitative estimate of drug-likeness (QED) is 0.785. The molecule has 1 aromatic carbocycles. The Kier molecular flexibility index (Phi) is 3.94. The van der Waals surface area contributed by atoms with Gasteiger partial charge in [-0.2, -0.15) is 10.4 Å². The zero-order valence-electron chi connectivity index (χ0n) is 10.5. The van der Waals surface area contributed by atoms with Crippen molar-refractivity contribution in [2.24, 2.45) is 0 Å². The third kappa shape index (κ3) is 2.80. The van der Waals surface area contributed by atoms with E-state index in [1.54, 1.807) is 13.0 Å². The van der Waals surface area contributed by atoms with Gasteiger partial charge in [-0.25, -0.2) is 9.48 Å². The van der Waals surface area contributed by atoms with Crippen LogP contribution in [0.25, 0.3) is 5.69 Å². The van der Waals surface area contributed by atoms with Crippen LogP contribution in [0.5, 0.6) is 0 Å². The summed E-state index contributed by atoms with van der Waals surface area (Å²) in [4.78, 5) is 11.9. The normalized spacial score (nSPS) is 9.89. The summed E-state index contributed by atoms with van der Waals surface area (Å²) in [6, 6.07) is 12.9. The van der Waals surface area contributed by atoms with Crippen LogP contribution < -0.4 is 0 Å². The first kappa shape index (κ1) is 12.8. The van der Waals surface area contributed by atoms with Crippen molar-refractivity contribution >= 4 is 5.97 Å². The van der Waals surface area contributed by atoms with Crippen LogP contribution in [0.15, 0.2) is 36.4 Å². The van der Waals surface area contributed by atoms with Gasteiger partial charge in [-0.05, 0) is 25.1 Å². The second-order valence-electron chi connectivity index (χ2n) is 3.82. The maximum atomic E-state index is 11.9. The van der Waals surface area contributed by atoms with Gasteiger partial charge in [0, 0.05) is 0 Å². The second-order valence-corrected chi connectivity index (χ2v) is 3.82. The van der Waals surface area contributed by atoms with Crippen LogP contribution in [-0.4, -0.2) is 22.4 Å². The van der Waals surface area contributed by atoms with E-state index in [-0.39, 0.29) is 6.42 Å². The molecular formula is C14H13N3O2. The van der Waals surface area contributed by atoms with Crippen molar-refractivity contribution in [2.75, 3.05) is 6.61 Å². The van der Waals surface area contributed by atoms with Gasteiger partial charge >= 0.3 is 5.97 Å². The average molecular weight is 255 g/mol. The zero-order chi connectivity index (χ0) is 13.7. The molecule has 0 radical (unpaired) electrons. The predicted molar refractivity (Wildman–Crippen MR) is 68.8 cm³/mol. The smallest absolute Gasteiger partial charge is 0.357 e. The molecule has 5 heteroatoms. The van der Waals surface area contributed by atoms with Crippen LogP contribution >= 0.6 is 0 Å². The highest BCUT2D eigenvalue weighted by Crippen LogP contribution is 2.14. The highest BCUT2D eigenvalue weighted by atomic mass is 16.5. The standard InChI is InChI=1S/C14H13N3O2/c1-2-19-14(18)13-10-11(8-9-15)16-17(13)12-6-4-3-5-7-12/h3-7,10H,2,8H2,1H3. The molecule has 0 atom stereocenters. The number of hydrogen-bond donors (Lipinski definition) is 0. The van der Waals surface area contributed by atoms with Gasteiger partial charge in [0.05, 0.1) is 30.5 Å². The fourth-order valence-corrected chi connectivity index (χ4v) is 1.71. The molecule has 1 heterocycles. The summed E-state index contributed by atoms with van der Waals surface area (Å²) >= 11 is 0. The van der Waals surface area contributed by atoms with Crippen LogP contribution in [0, 0.1) is 11.3 Å². The van der Waals surface area contributed by atoms with E-state index < -0.39 is 5.97 Å². The van der Waals surface area contributed by atoms with Crippen molar-refractivity contribution in [2.45, 2.75) is 13.3 Å². The van der Waals surface area contributed by atoms with Crippen LogP contribution in [-0.2, 0) is 11.2 Å². The molecule has 1 aromatic heterocycles. The number of benzene rings is 1. The van der Waals surface area contributed by atoms with E-state index in [1.807, 2.05) is 36.4 Å². The molecule has 0 saturated carbocycles. The van der Waals surface area contributed by atoms with Crippen LogP contribution in [0.4, 0.5) is 0 Å². The number of ether oxygens (including phenoxy) is 1. The predicted octanol–water partition coefficient (Wildman–Crippen LogP) is 2.12. The summed E-state index contributed by atoms with van der Waals surface area (Å²) in [6.07, 6.45) is 0.159. The van der Waals surface area contributed by atoms with Gasteiger partial charge in [0.25, 0.3) is 0 Å². The summed E-state index contributed by atoms with van der Waals surface area (Å²) < 4.78 is 6.50. The fraction of sp³-hybridized carbons (Fsp3) is 0.214. The largest absolute Gasteiger partial charge is 0.461 e. The third-order valence-electron chi connectivity index (χ3n) is 2.51. The van der Waals surface area contributed by atoms with Gasteiger partial charge in [0.2, 0.25) is 0 Å². The lowest BCUT2D eigenvalue weighted by atomic mass is 10.3. The lowest BCUT2D eigenvalue weighted by Crippen LogP contribution is -2.11. The fourth-order valence-electron chi connectivity index (χ4n) is 1.71. The Morgan fingerprint density at radius 2 is 2.16 bits per heavy atom. The average Bonchev–Trinajstić information content (AvgIpc) is 2.85. The van der Waals surface area contributed by atoms with Crippen LogP contribution in [0.3, 0.4) is 0 Å². The number of esters is 1. The van der Waals surface area contributed by atoms with Gasteiger partial charge in [0.15, 0.2) is 5.69 Å². The Hall–Kier alpha value is -2.61. The molecule has 5 nitrogen and oxygen atoms in total. The van der Waals surface area contributed by atoms with Crippen molar-refractivity contribution in [3.05, 3.63) is 47.8 Å². The summed E-state index contributed by atoms with van der Waals surface area (Å²) in [5, 5.41) is 13.0. The highest BCUT2D eigenvalue weighted by molar-refractivity contribution is 5.88. The van der Waals surface area contributed by atoms with Gasteiger partial charge < -0.3 is 4.74 Å². The number of rotatable bonds is 4. The van der Waals surface area contributed by atoms with Gasteiger partial charge in [0.1, 0.15) is 0 Å². The first-order chi connectivity index (χ1) is 9.26. The summed E-state index contributed by atoms with van der Waals surface area (Å²) in [6.45, 7) is 2.05. The van der Waals surface area contributed by atoms with Crippen molar-refractivity contribution < 1.29 is 9.53 Å². The maximum absolute atomic E-state index is 11.9. The number of carbonyl (C=O) groups is 1. The summed E-state index contributed by atoms with van der Waals surface area (Å²) in [7, 11) is 0. The molecule has 0 bridgehead atoms. The molecular weight excluding hydrogens is 242 g/mol. The van der Waals surface area contributed by atoms with E-state index >= 15 is 0 Å². The van der Waals surface area contributed by atoms with E-state index in [1.165, 1.54) is 4.68 Å². The first-order valence-corrected chi connectivity index (χ1v) is 5.94. The number of nitrogens with zero attached hydrogens (tertiary/aromatic N) is 3. The Morgan fingerprint density at radius 3 is 2.79 bits per heavy atom. The molecule has 0 N–H and O–H groups in total. The molecule has 0 aliphatic carbocycles. The maximum Gasteiger partial charge on any atom is 0.357 e. The molecule has 0 saturated heterocycles. The van der Waals surface area contributed by atoms with Crippen LogP contribution in [0.2, 0.25) is 0 Å². The van der Waals surface area contributed by atoms with Gasteiger partial charge in [-0.3, -0.25) is 0 Å². The van der Waals surface area contributed by atoms with Crippen LogP contribution in [0.1, 0.15) is 23.1 Å². The van der Waals surface area contributed by atoms with E-state index in [0.717, 1.165) is 5.69 Å². The molecule has 0 aliphatic heterocycles. The summed E-state index contributed by atoms with van der Waals surface area (Å²) in [5.74, 6) is -0.442. The minimum absolute atomic E-state index is 0.159. The molecule has 19 heavy (non-hydrogen) atoms. The topological polar surface area (TPSA) is 67.9 Å². The van der Waals surface area contributed by atoms with Crippen molar-refractivity contribution in [3.8, 4) is 11.8 Å². The Labute approximate surface area is 111 Å². The van der Waals surface area contributed by atoms with Crippen molar-refractivity contribution in [1.82, 2.24) is 9.78 Å². The highest BCUT2D eigenvalue weighted by Gasteiger charge is 2.17. The molecule has 0 amide bonds. The molecule has 2 rings (SSSR count). The lowest BCUT2D eigenvalue weighted by Gasteiger charge is -2.06. The van der Waals surface area contributed by atoms with Gasteiger partial charge in [-0.1, -0.05) is 18.2 Å². The minimum Gasteiger partial charge on any atom is -0.461 e. The third-order valence-corrected chi connectivity index (χ3v) is 2.51. The molecule has 2 aromatic rings. The Morgan fingerprint density at radius 1 is 1.42 bits per heavy atom. The molecule has 0 unspecified atom stereocenters. The number of aromatic nitrogens is 2. The number of hydrogen-bond acceptors (Lipinski definition) is 4. The molecule has 0 fully saturated rings. The molecule has 0 spiro atoms. The van der Waals surface area contributed by atoms with Gasteiger partial charge in [-0.15, -0.1) is 0 Å². The second kappa shape index (κ2) is 5.83.